The van der Waals surface area contributed by atoms with E-state index in [1.807, 2.05) is 19.3 Å². The van der Waals surface area contributed by atoms with E-state index in [2.05, 4.69) is 10.1 Å². The molecule has 4 N–H and O–H groups in total. The number of rotatable bonds is 9. The lowest BCUT2D eigenvalue weighted by atomic mass is 9.85. The van der Waals surface area contributed by atoms with Gasteiger partial charge in [0.1, 0.15) is 6.04 Å². The van der Waals surface area contributed by atoms with E-state index in [9.17, 15) is 34.3 Å². The number of benzene rings is 1. The van der Waals surface area contributed by atoms with Crippen molar-refractivity contribution in [2.75, 3.05) is 7.11 Å². The molecule has 0 aliphatic rings. The highest BCUT2D eigenvalue weighted by Gasteiger charge is 2.35. The van der Waals surface area contributed by atoms with Gasteiger partial charge in [-0.3, -0.25) is 19.6 Å². The van der Waals surface area contributed by atoms with E-state index in [0.29, 0.717) is 0 Å². The van der Waals surface area contributed by atoms with Crippen LogP contribution in [-0.2, 0) is 19.1 Å². The summed E-state index contributed by atoms with van der Waals surface area (Å²) >= 11 is 0. The first-order valence-electron chi connectivity index (χ1n) is 10.7. The summed E-state index contributed by atoms with van der Waals surface area (Å²) < 4.78 is 4.57. The lowest BCUT2D eigenvalue weighted by Crippen LogP contribution is -2.52. The van der Waals surface area contributed by atoms with Gasteiger partial charge in [0.15, 0.2) is 0 Å². The van der Waals surface area contributed by atoms with E-state index in [-0.39, 0.29) is 28.6 Å². The van der Waals surface area contributed by atoms with Crippen molar-refractivity contribution in [3.05, 3.63) is 35.4 Å². The van der Waals surface area contributed by atoms with E-state index in [1.54, 1.807) is 20.8 Å². The van der Waals surface area contributed by atoms with Crippen LogP contribution in [0.4, 0.5) is 0 Å². The highest BCUT2D eigenvalue weighted by Crippen LogP contribution is 2.22. The van der Waals surface area contributed by atoms with Crippen LogP contribution in [0, 0.1) is 17.3 Å². The molecule has 0 saturated heterocycles. The Labute approximate surface area is 198 Å². The zero-order valence-electron chi connectivity index (χ0n) is 20.2. The monoisotopic (exact) mass is 479 g/mol. The van der Waals surface area contributed by atoms with Gasteiger partial charge in [-0.1, -0.05) is 34.6 Å². The molecule has 0 saturated carbocycles. The Morgan fingerprint density at radius 2 is 1.56 bits per heavy atom. The van der Waals surface area contributed by atoms with Crippen LogP contribution < -0.4 is 10.7 Å². The first kappa shape index (κ1) is 28.6. The highest BCUT2D eigenvalue weighted by molar-refractivity contribution is 5.97. The Morgan fingerprint density at radius 1 is 1.03 bits per heavy atom. The summed E-state index contributed by atoms with van der Waals surface area (Å²) in [5.74, 6) is -5.14. The molecule has 0 bridgehead atoms. The Hall–Kier alpha value is -3.47. The summed E-state index contributed by atoms with van der Waals surface area (Å²) in [6.07, 6.45) is -0.205. The maximum absolute atomic E-state index is 12.8. The number of hydroxylamine groups is 1. The molecule has 34 heavy (non-hydrogen) atoms. The normalized spacial score (nSPS) is 12.9. The van der Waals surface area contributed by atoms with Crippen LogP contribution in [0.1, 0.15) is 68.2 Å². The maximum atomic E-state index is 12.8. The number of amides is 3. The Bertz CT molecular complexity index is 906. The number of nitrogens with zero attached hydrogens (tertiary/aromatic N) is 1. The van der Waals surface area contributed by atoms with Crippen molar-refractivity contribution >= 4 is 29.7 Å². The van der Waals surface area contributed by atoms with Crippen molar-refractivity contribution in [3.63, 3.8) is 0 Å². The number of carbonyl (C=O) groups is 5. The van der Waals surface area contributed by atoms with Crippen LogP contribution in [-0.4, -0.2) is 58.3 Å². The smallest absolute Gasteiger partial charge is 0.337 e. The fourth-order valence-corrected chi connectivity index (χ4v) is 3.16. The highest BCUT2D eigenvalue weighted by atomic mass is 16.6. The van der Waals surface area contributed by atoms with Gasteiger partial charge in [-0.15, -0.1) is 5.17 Å². The lowest BCUT2D eigenvalue weighted by Gasteiger charge is -2.30. The average molecular weight is 480 g/mol. The predicted molar refractivity (Wildman–Crippen MR) is 120 cm³/mol. The van der Waals surface area contributed by atoms with Crippen LogP contribution >= 0.6 is 0 Å². The molecule has 2 atom stereocenters. The predicted octanol–water partition coefficient (Wildman–Crippen LogP) is 2.00. The first-order chi connectivity index (χ1) is 15.7. The van der Waals surface area contributed by atoms with Crippen molar-refractivity contribution in [2.45, 2.75) is 53.5 Å². The van der Waals surface area contributed by atoms with Crippen molar-refractivity contribution < 1.29 is 39.0 Å². The molecule has 188 valence electrons. The zero-order valence-corrected chi connectivity index (χ0v) is 20.2. The topological polar surface area (TPSA) is 162 Å². The minimum absolute atomic E-state index is 0.00322. The number of hydrazine groups is 1. The SMILES string of the molecule is COC(=O)c1ccc(C(=O)NN(O)C(=O)CC(CC(C)C)C(=O)N[C@H](C(=O)O)C(C)(C)C)cc1. The second kappa shape index (κ2) is 12.1. The molecule has 0 aliphatic heterocycles. The van der Waals surface area contributed by atoms with E-state index < -0.39 is 53.5 Å². The van der Waals surface area contributed by atoms with Crippen molar-refractivity contribution in [2.24, 2.45) is 17.3 Å². The molecule has 0 aromatic heterocycles. The number of hydrogen-bond acceptors (Lipinski definition) is 7. The number of esters is 1. The van der Waals surface area contributed by atoms with Gasteiger partial charge in [-0.25, -0.2) is 15.0 Å². The number of carboxylic acid groups (broad SMARTS) is 1. The standard InChI is InChI=1S/C23H33N3O8/c1-13(2)11-16(19(28)24-18(21(30)31)23(3,4)5)12-17(27)26(33)25-20(29)14-7-9-15(10-8-14)22(32)34-6/h7-10,13,16,18,33H,11-12H2,1-6H3,(H,24,28)(H,25,29)(H,30,31)/t16?,18-/m1/s1. The van der Waals surface area contributed by atoms with Gasteiger partial charge in [0.25, 0.3) is 11.8 Å². The number of aliphatic carboxylic acids is 1. The Balaban J connectivity index is 2.87. The molecule has 1 unspecified atom stereocenters. The fraction of sp³-hybridized carbons (Fsp3) is 0.522. The molecule has 1 rings (SSSR count). The number of methoxy groups -OCH3 is 1. The maximum Gasteiger partial charge on any atom is 0.337 e. The van der Waals surface area contributed by atoms with E-state index in [1.165, 1.54) is 31.4 Å². The fourth-order valence-electron chi connectivity index (χ4n) is 3.16. The van der Waals surface area contributed by atoms with Crippen LogP contribution in [0.25, 0.3) is 0 Å². The molecule has 0 fully saturated rings. The summed E-state index contributed by atoms with van der Waals surface area (Å²) in [6, 6.07) is 4.14. The third-order valence-corrected chi connectivity index (χ3v) is 4.96. The van der Waals surface area contributed by atoms with Gasteiger partial charge in [-0.2, -0.15) is 0 Å². The van der Waals surface area contributed by atoms with Gasteiger partial charge in [0, 0.05) is 17.9 Å². The van der Waals surface area contributed by atoms with Crippen LogP contribution in [0.15, 0.2) is 24.3 Å². The van der Waals surface area contributed by atoms with Crippen LogP contribution in [0.2, 0.25) is 0 Å². The number of carboxylic acids is 1. The third kappa shape index (κ3) is 8.47. The van der Waals surface area contributed by atoms with Gasteiger partial charge in [0.05, 0.1) is 12.7 Å². The molecular formula is C23H33N3O8. The summed E-state index contributed by atoms with van der Waals surface area (Å²) in [6.45, 7) is 8.66. The molecule has 0 heterocycles. The van der Waals surface area contributed by atoms with Crippen molar-refractivity contribution in [1.82, 2.24) is 15.9 Å². The molecule has 1 aromatic rings. The average Bonchev–Trinajstić information content (AvgIpc) is 2.74. The summed E-state index contributed by atoms with van der Waals surface area (Å²) in [7, 11) is 1.22. The van der Waals surface area contributed by atoms with Gasteiger partial charge >= 0.3 is 11.9 Å². The largest absolute Gasteiger partial charge is 0.480 e. The van der Waals surface area contributed by atoms with Gasteiger partial charge < -0.3 is 15.2 Å². The first-order valence-corrected chi connectivity index (χ1v) is 10.7. The molecule has 11 heteroatoms. The zero-order chi connectivity index (χ0) is 26.2. The Morgan fingerprint density at radius 3 is 2.00 bits per heavy atom. The van der Waals surface area contributed by atoms with Crippen molar-refractivity contribution in [1.29, 1.82) is 0 Å². The lowest BCUT2D eigenvalue weighted by molar-refractivity contribution is -0.177. The summed E-state index contributed by atoms with van der Waals surface area (Å²) in [5, 5.41) is 22.0. The van der Waals surface area contributed by atoms with Crippen LogP contribution in [0.3, 0.4) is 0 Å². The number of hydrogen-bond donors (Lipinski definition) is 4. The Kier molecular flexibility index (Phi) is 10.2. The second-order valence-electron chi connectivity index (χ2n) is 9.39. The number of ether oxygens (including phenoxy) is 1. The molecule has 11 nitrogen and oxygen atoms in total. The number of carbonyl (C=O) groups excluding carboxylic acids is 4. The quantitative estimate of drug-likeness (QED) is 0.237. The molecule has 1 aromatic carbocycles. The minimum atomic E-state index is -1.20. The minimum Gasteiger partial charge on any atom is -0.480 e. The van der Waals surface area contributed by atoms with E-state index >= 15 is 0 Å². The molecular weight excluding hydrogens is 446 g/mol. The molecule has 0 radical (unpaired) electrons. The summed E-state index contributed by atoms with van der Waals surface area (Å²) in [4.78, 5) is 60.7. The molecule has 0 aliphatic carbocycles. The molecule has 0 spiro atoms. The van der Waals surface area contributed by atoms with Crippen molar-refractivity contribution in [3.8, 4) is 0 Å². The van der Waals surface area contributed by atoms with E-state index in [0.717, 1.165) is 0 Å². The summed E-state index contributed by atoms with van der Waals surface area (Å²) in [5.41, 5.74) is 1.51. The van der Waals surface area contributed by atoms with Crippen LogP contribution in [0.5, 0.6) is 0 Å². The van der Waals surface area contributed by atoms with Gasteiger partial charge in [0.2, 0.25) is 5.91 Å². The van der Waals surface area contributed by atoms with Gasteiger partial charge in [-0.05, 0) is 42.0 Å². The van der Waals surface area contributed by atoms with E-state index in [4.69, 9.17) is 0 Å². The number of nitrogens with one attached hydrogen (secondary N) is 2. The second-order valence-corrected chi connectivity index (χ2v) is 9.39. The third-order valence-electron chi connectivity index (χ3n) is 4.96. The molecule has 3 amide bonds.